The SMILES string of the molecule is COc1c(N)c(Br)cc(Br)c1N. The molecule has 0 fully saturated rings. The summed E-state index contributed by atoms with van der Waals surface area (Å²) in [6.45, 7) is 0. The Balaban J connectivity index is 3.42. The smallest absolute Gasteiger partial charge is 0.166 e. The van der Waals surface area contributed by atoms with E-state index in [1.165, 1.54) is 7.11 Å². The molecule has 4 N–H and O–H groups in total. The number of anilines is 2. The van der Waals surface area contributed by atoms with Gasteiger partial charge in [0.1, 0.15) is 0 Å². The van der Waals surface area contributed by atoms with Gasteiger partial charge >= 0.3 is 0 Å². The minimum Gasteiger partial charge on any atom is -0.492 e. The zero-order valence-electron chi connectivity index (χ0n) is 6.40. The molecule has 0 aliphatic heterocycles. The fourth-order valence-electron chi connectivity index (χ4n) is 0.849. The van der Waals surface area contributed by atoms with Crippen LogP contribution in [0.25, 0.3) is 0 Å². The summed E-state index contributed by atoms with van der Waals surface area (Å²) in [6, 6.07) is 1.78. The van der Waals surface area contributed by atoms with E-state index in [-0.39, 0.29) is 0 Å². The molecule has 66 valence electrons. The summed E-state index contributed by atoms with van der Waals surface area (Å²) in [7, 11) is 1.53. The molecule has 0 saturated heterocycles. The normalized spacial score (nSPS) is 9.92. The highest BCUT2D eigenvalue weighted by Crippen LogP contribution is 2.40. The summed E-state index contributed by atoms with van der Waals surface area (Å²) in [5.41, 5.74) is 12.4. The Morgan fingerprint density at radius 2 is 1.58 bits per heavy atom. The second kappa shape index (κ2) is 3.53. The summed E-state index contributed by atoms with van der Waals surface area (Å²) in [6.07, 6.45) is 0. The molecular formula is C7H8Br2N2O. The Morgan fingerprint density at radius 3 is 1.92 bits per heavy atom. The zero-order chi connectivity index (χ0) is 9.30. The van der Waals surface area contributed by atoms with E-state index in [0.717, 1.165) is 8.95 Å². The summed E-state index contributed by atoms with van der Waals surface area (Å²) in [5.74, 6) is 0.497. The summed E-state index contributed by atoms with van der Waals surface area (Å²) >= 11 is 6.56. The number of benzene rings is 1. The van der Waals surface area contributed by atoms with E-state index in [2.05, 4.69) is 31.9 Å². The standard InChI is InChI=1S/C7H8Br2N2O/c1-12-7-5(10)3(8)2-4(9)6(7)11/h2H,10-11H2,1H3. The van der Waals surface area contributed by atoms with Crippen LogP contribution in [-0.4, -0.2) is 7.11 Å². The molecule has 0 radical (unpaired) electrons. The molecule has 0 bridgehead atoms. The Morgan fingerprint density at radius 1 is 1.17 bits per heavy atom. The highest BCUT2D eigenvalue weighted by Gasteiger charge is 2.11. The molecule has 0 heterocycles. The van der Waals surface area contributed by atoms with E-state index < -0.39 is 0 Å². The Bertz CT molecular complexity index is 289. The van der Waals surface area contributed by atoms with Crippen molar-refractivity contribution in [2.75, 3.05) is 18.6 Å². The van der Waals surface area contributed by atoms with E-state index >= 15 is 0 Å². The van der Waals surface area contributed by atoms with Crippen LogP contribution in [0.3, 0.4) is 0 Å². The average Bonchev–Trinajstić information content (AvgIpc) is 2.02. The van der Waals surface area contributed by atoms with Gasteiger partial charge in [-0.3, -0.25) is 0 Å². The molecule has 1 rings (SSSR count). The van der Waals surface area contributed by atoms with Gasteiger partial charge in [0.2, 0.25) is 0 Å². The Kier molecular flexibility index (Phi) is 2.85. The number of hydrogen-bond acceptors (Lipinski definition) is 3. The highest BCUT2D eigenvalue weighted by atomic mass is 79.9. The number of hydrogen-bond donors (Lipinski definition) is 2. The van der Waals surface area contributed by atoms with Gasteiger partial charge in [-0.25, -0.2) is 0 Å². The molecule has 5 heteroatoms. The van der Waals surface area contributed by atoms with Crippen LogP contribution < -0.4 is 16.2 Å². The number of ether oxygens (including phenoxy) is 1. The predicted octanol–water partition coefficient (Wildman–Crippen LogP) is 2.38. The van der Waals surface area contributed by atoms with Crippen molar-refractivity contribution in [3.05, 3.63) is 15.0 Å². The lowest BCUT2D eigenvalue weighted by Gasteiger charge is -2.10. The van der Waals surface area contributed by atoms with Crippen molar-refractivity contribution >= 4 is 43.2 Å². The van der Waals surface area contributed by atoms with Gasteiger partial charge in [0, 0.05) is 8.95 Å². The van der Waals surface area contributed by atoms with Crippen LogP contribution in [0.15, 0.2) is 15.0 Å². The van der Waals surface area contributed by atoms with Crippen LogP contribution in [-0.2, 0) is 0 Å². The molecule has 0 amide bonds. The fourth-order valence-corrected chi connectivity index (χ4v) is 1.97. The topological polar surface area (TPSA) is 61.3 Å². The highest BCUT2D eigenvalue weighted by molar-refractivity contribution is 9.11. The van der Waals surface area contributed by atoms with Crippen molar-refractivity contribution < 1.29 is 4.74 Å². The third-order valence-corrected chi connectivity index (χ3v) is 2.77. The lowest BCUT2D eigenvalue weighted by atomic mass is 10.2. The van der Waals surface area contributed by atoms with Crippen molar-refractivity contribution in [1.82, 2.24) is 0 Å². The first-order chi connectivity index (χ1) is 5.57. The van der Waals surface area contributed by atoms with Gasteiger partial charge in [-0.15, -0.1) is 0 Å². The van der Waals surface area contributed by atoms with E-state index in [0.29, 0.717) is 17.1 Å². The van der Waals surface area contributed by atoms with Gasteiger partial charge in [-0.1, -0.05) is 0 Å². The quantitative estimate of drug-likeness (QED) is 0.782. The molecule has 1 aromatic rings. The summed E-state index contributed by atoms with van der Waals surface area (Å²) in [4.78, 5) is 0. The molecule has 0 aliphatic rings. The maximum absolute atomic E-state index is 5.69. The predicted molar refractivity (Wildman–Crippen MR) is 57.2 cm³/mol. The number of rotatable bonds is 1. The van der Waals surface area contributed by atoms with E-state index in [1.807, 2.05) is 0 Å². The first-order valence-electron chi connectivity index (χ1n) is 3.15. The minimum atomic E-state index is 0.497. The number of nitrogens with two attached hydrogens (primary N) is 2. The Hall–Kier alpha value is -0.420. The van der Waals surface area contributed by atoms with Gasteiger partial charge in [-0.05, 0) is 37.9 Å². The number of halogens is 2. The maximum Gasteiger partial charge on any atom is 0.166 e. The van der Waals surface area contributed by atoms with E-state index in [4.69, 9.17) is 16.2 Å². The molecule has 1 aromatic carbocycles. The molecule has 3 nitrogen and oxygen atoms in total. The number of nitrogen functional groups attached to an aromatic ring is 2. The minimum absolute atomic E-state index is 0.497. The van der Waals surface area contributed by atoms with Crippen molar-refractivity contribution in [3.63, 3.8) is 0 Å². The molecule has 0 aromatic heterocycles. The van der Waals surface area contributed by atoms with Crippen LogP contribution in [0.2, 0.25) is 0 Å². The molecule has 0 aliphatic carbocycles. The van der Waals surface area contributed by atoms with Crippen molar-refractivity contribution in [2.45, 2.75) is 0 Å². The van der Waals surface area contributed by atoms with Gasteiger partial charge in [0.05, 0.1) is 18.5 Å². The summed E-state index contributed by atoms with van der Waals surface area (Å²) in [5, 5.41) is 0. The molecule has 0 atom stereocenters. The lowest BCUT2D eigenvalue weighted by Crippen LogP contribution is -1.99. The van der Waals surface area contributed by atoms with Crippen LogP contribution in [0, 0.1) is 0 Å². The monoisotopic (exact) mass is 294 g/mol. The molecular weight excluding hydrogens is 288 g/mol. The molecule has 0 saturated carbocycles. The van der Waals surface area contributed by atoms with E-state index in [9.17, 15) is 0 Å². The van der Waals surface area contributed by atoms with Crippen LogP contribution in [0.1, 0.15) is 0 Å². The fraction of sp³-hybridized carbons (Fsp3) is 0.143. The Labute approximate surface area is 87.3 Å². The summed E-state index contributed by atoms with van der Waals surface area (Å²) < 4.78 is 6.56. The van der Waals surface area contributed by atoms with Crippen molar-refractivity contribution in [1.29, 1.82) is 0 Å². The van der Waals surface area contributed by atoms with Crippen LogP contribution in [0.5, 0.6) is 5.75 Å². The van der Waals surface area contributed by atoms with Crippen LogP contribution >= 0.6 is 31.9 Å². The largest absolute Gasteiger partial charge is 0.492 e. The molecule has 0 spiro atoms. The third-order valence-electron chi connectivity index (χ3n) is 1.46. The van der Waals surface area contributed by atoms with Crippen molar-refractivity contribution in [2.24, 2.45) is 0 Å². The second-order valence-corrected chi connectivity index (χ2v) is 3.91. The average molecular weight is 296 g/mol. The first kappa shape index (κ1) is 9.67. The molecule has 12 heavy (non-hydrogen) atoms. The first-order valence-corrected chi connectivity index (χ1v) is 4.73. The third kappa shape index (κ3) is 1.51. The maximum atomic E-state index is 5.69. The molecule has 0 unspecified atom stereocenters. The zero-order valence-corrected chi connectivity index (χ0v) is 9.57. The number of methoxy groups -OCH3 is 1. The lowest BCUT2D eigenvalue weighted by molar-refractivity contribution is 0.418. The van der Waals surface area contributed by atoms with Crippen molar-refractivity contribution in [3.8, 4) is 5.75 Å². The van der Waals surface area contributed by atoms with Gasteiger partial charge < -0.3 is 16.2 Å². The van der Waals surface area contributed by atoms with Gasteiger partial charge in [0.15, 0.2) is 5.75 Å². The second-order valence-electron chi connectivity index (χ2n) is 2.20. The van der Waals surface area contributed by atoms with Gasteiger partial charge in [0.25, 0.3) is 0 Å². The van der Waals surface area contributed by atoms with Gasteiger partial charge in [-0.2, -0.15) is 0 Å². The van der Waals surface area contributed by atoms with Crippen LogP contribution in [0.4, 0.5) is 11.4 Å². The van der Waals surface area contributed by atoms with E-state index in [1.54, 1.807) is 6.07 Å².